The molecule has 2 heterocycles. The van der Waals surface area contributed by atoms with Crippen molar-refractivity contribution in [2.24, 2.45) is 0 Å². The SMILES string of the molecule is CC1(NC(=O)c2ccnc(N)c2)CCCOC1. The molecule has 1 saturated heterocycles. The normalized spacial score (nSPS) is 24.3. The van der Waals surface area contributed by atoms with Crippen LogP contribution >= 0.6 is 0 Å². The number of hydrogen-bond acceptors (Lipinski definition) is 4. The van der Waals surface area contributed by atoms with Gasteiger partial charge >= 0.3 is 0 Å². The number of nitrogens with one attached hydrogen (secondary N) is 1. The average Bonchev–Trinajstić information content (AvgIpc) is 2.29. The van der Waals surface area contributed by atoms with E-state index in [0.29, 0.717) is 18.0 Å². The van der Waals surface area contributed by atoms with Crippen molar-refractivity contribution >= 4 is 11.7 Å². The summed E-state index contributed by atoms with van der Waals surface area (Å²) >= 11 is 0. The average molecular weight is 235 g/mol. The smallest absolute Gasteiger partial charge is 0.251 e. The van der Waals surface area contributed by atoms with Gasteiger partial charge in [0.2, 0.25) is 0 Å². The summed E-state index contributed by atoms with van der Waals surface area (Å²) in [6, 6.07) is 3.22. The van der Waals surface area contributed by atoms with E-state index in [1.54, 1.807) is 12.1 Å². The molecule has 1 amide bonds. The molecule has 92 valence electrons. The van der Waals surface area contributed by atoms with E-state index in [1.165, 1.54) is 6.20 Å². The molecule has 0 aliphatic carbocycles. The molecule has 17 heavy (non-hydrogen) atoms. The van der Waals surface area contributed by atoms with Gasteiger partial charge in [-0.2, -0.15) is 0 Å². The first-order chi connectivity index (χ1) is 8.09. The molecule has 0 saturated carbocycles. The molecule has 5 heteroatoms. The van der Waals surface area contributed by atoms with E-state index in [0.717, 1.165) is 19.4 Å². The third kappa shape index (κ3) is 2.94. The fourth-order valence-electron chi connectivity index (χ4n) is 1.97. The second kappa shape index (κ2) is 4.71. The van der Waals surface area contributed by atoms with E-state index in [4.69, 9.17) is 10.5 Å². The molecule has 1 unspecified atom stereocenters. The molecule has 3 N–H and O–H groups in total. The van der Waals surface area contributed by atoms with Gasteiger partial charge in [-0.3, -0.25) is 4.79 Å². The molecule has 0 aromatic carbocycles. The summed E-state index contributed by atoms with van der Waals surface area (Å²) in [7, 11) is 0. The molecular weight excluding hydrogens is 218 g/mol. The number of nitrogens with two attached hydrogens (primary N) is 1. The highest BCUT2D eigenvalue weighted by Crippen LogP contribution is 2.19. The summed E-state index contributed by atoms with van der Waals surface area (Å²) in [5.74, 6) is 0.217. The second-order valence-electron chi connectivity index (χ2n) is 4.64. The third-order valence-corrected chi connectivity index (χ3v) is 2.90. The number of carbonyl (C=O) groups excluding carboxylic acids is 1. The van der Waals surface area contributed by atoms with Crippen LogP contribution in [0.25, 0.3) is 0 Å². The van der Waals surface area contributed by atoms with Crippen LogP contribution in [0.1, 0.15) is 30.1 Å². The Hall–Kier alpha value is -1.62. The van der Waals surface area contributed by atoms with Crippen molar-refractivity contribution in [1.82, 2.24) is 10.3 Å². The highest BCUT2D eigenvalue weighted by molar-refractivity contribution is 5.95. The van der Waals surface area contributed by atoms with E-state index < -0.39 is 0 Å². The van der Waals surface area contributed by atoms with Crippen LogP contribution in [0.5, 0.6) is 0 Å². The molecule has 1 aromatic rings. The molecule has 0 radical (unpaired) electrons. The monoisotopic (exact) mass is 235 g/mol. The topological polar surface area (TPSA) is 77.2 Å². The Morgan fingerprint density at radius 1 is 1.65 bits per heavy atom. The van der Waals surface area contributed by atoms with Crippen molar-refractivity contribution in [2.75, 3.05) is 18.9 Å². The minimum atomic E-state index is -0.284. The maximum Gasteiger partial charge on any atom is 0.251 e. The first kappa shape index (κ1) is 11.9. The standard InChI is InChI=1S/C12H17N3O2/c1-12(4-2-6-17-8-12)15-11(16)9-3-5-14-10(13)7-9/h3,5,7H,2,4,6,8H2,1H3,(H2,13,14)(H,15,16). The molecule has 1 atom stereocenters. The fourth-order valence-corrected chi connectivity index (χ4v) is 1.97. The largest absolute Gasteiger partial charge is 0.384 e. The number of carbonyl (C=O) groups is 1. The summed E-state index contributed by atoms with van der Waals surface area (Å²) in [6.07, 6.45) is 3.43. The number of rotatable bonds is 2. The Bertz CT molecular complexity index is 414. The number of hydrogen-bond donors (Lipinski definition) is 2. The van der Waals surface area contributed by atoms with Crippen molar-refractivity contribution in [3.63, 3.8) is 0 Å². The van der Waals surface area contributed by atoms with Crippen molar-refractivity contribution in [1.29, 1.82) is 0 Å². The van der Waals surface area contributed by atoms with Crippen LogP contribution in [0.15, 0.2) is 18.3 Å². The molecule has 5 nitrogen and oxygen atoms in total. The molecular formula is C12H17N3O2. The van der Waals surface area contributed by atoms with Crippen LogP contribution in [0, 0.1) is 0 Å². The molecule has 0 spiro atoms. The van der Waals surface area contributed by atoms with Gasteiger partial charge in [-0.15, -0.1) is 0 Å². The van der Waals surface area contributed by atoms with Gasteiger partial charge in [0, 0.05) is 18.4 Å². The number of nitrogens with zero attached hydrogens (tertiary/aromatic N) is 1. The number of nitrogen functional groups attached to an aromatic ring is 1. The maximum atomic E-state index is 12.0. The van der Waals surface area contributed by atoms with Gasteiger partial charge in [0.05, 0.1) is 12.1 Å². The molecule has 0 bridgehead atoms. The molecule has 1 aliphatic heterocycles. The zero-order chi connectivity index (χ0) is 12.3. The Labute approximate surface area is 100 Å². The Balaban J connectivity index is 2.06. The molecule has 1 fully saturated rings. The minimum Gasteiger partial charge on any atom is -0.384 e. The van der Waals surface area contributed by atoms with Gasteiger partial charge in [0.1, 0.15) is 5.82 Å². The lowest BCUT2D eigenvalue weighted by atomic mass is 9.94. The van der Waals surface area contributed by atoms with Gasteiger partial charge < -0.3 is 15.8 Å². The summed E-state index contributed by atoms with van der Waals surface area (Å²) in [5.41, 5.74) is 5.79. The summed E-state index contributed by atoms with van der Waals surface area (Å²) in [4.78, 5) is 15.9. The van der Waals surface area contributed by atoms with Crippen LogP contribution in [-0.2, 0) is 4.74 Å². The lowest BCUT2D eigenvalue weighted by Gasteiger charge is -2.34. The fraction of sp³-hybridized carbons (Fsp3) is 0.500. The number of ether oxygens (including phenoxy) is 1. The molecule has 1 aliphatic rings. The van der Waals surface area contributed by atoms with Crippen molar-refractivity contribution < 1.29 is 9.53 Å². The summed E-state index contributed by atoms with van der Waals surface area (Å²) in [6.45, 7) is 3.32. The lowest BCUT2D eigenvalue weighted by molar-refractivity contribution is 0.0272. The lowest BCUT2D eigenvalue weighted by Crippen LogP contribution is -2.51. The molecule has 2 rings (SSSR count). The molecule has 1 aromatic heterocycles. The minimum absolute atomic E-state index is 0.132. The van der Waals surface area contributed by atoms with Crippen molar-refractivity contribution in [3.8, 4) is 0 Å². The van der Waals surface area contributed by atoms with Gasteiger partial charge in [0.15, 0.2) is 0 Å². The van der Waals surface area contributed by atoms with Crippen LogP contribution in [0.2, 0.25) is 0 Å². The Morgan fingerprint density at radius 3 is 3.12 bits per heavy atom. The maximum absolute atomic E-state index is 12.0. The summed E-state index contributed by atoms with van der Waals surface area (Å²) in [5, 5.41) is 2.99. The predicted molar refractivity (Wildman–Crippen MR) is 64.6 cm³/mol. The van der Waals surface area contributed by atoms with Crippen LogP contribution in [0.3, 0.4) is 0 Å². The predicted octanol–water partition coefficient (Wildman–Crippen LogP) is 0.963. The highest BCUT2D eigenvalue weighted by atomic mass is 16.5. The van der Waals surface area contributed by atoms with Crippen molar-refractivity contribution in [2.45, 2.75) is 25.3 Å². The van der Waals surface area contributed by atoms with Gasteiger partial charge in [-0.25, -0.2) is 4.98 Å². The van der Waals surface area contributed by atoms with E-state index in [1.807, 2.05) is 6.92 Å². The quantitative estimate of drug-likeness (QED) is 0.800. The van der Waals surface area contributed by atoms with Crippen LogP contribution in [0.4, 0.5) is 5.82 Å². The van der Waals surface area contributed by atoms with Crippen LogP contribution in [-0.4, -0.2) is 29.6 Å². The summed E-state index contributed by atoms with van der Waals surface area (Å²) < 4.78 is 5.39. The Morgan fingerprint density at radius 2 is 2.47 bits per heavy atom. The number of anilines is 1. The zero-order valence-electron chi connectivity index (χ0n) is 9.90. The highest BCUT2D eigenvalue weighted by Gasteiger charge is 2.29. The first-order valence-corrected chi connectivity index (χ1v) is 5.71. The van der Waals surface area contributed by atoms with E-state index in [2.05, 4.69) is 10.3 Å². The number of aromatic nitrogens is 1. The third-order valence-electron chi connectivity index (χ3n) is 2.90. The second-order valence-corrected chi connectivity index (χ2v) is 4.64. The van der Waals surface area contributed by atoms with E-state index in [9.17, 15) is 4.79 Å². The Kier molecular flexibility index (Phi) is 3.28. The van der Waals surface area contributed by atoms with Gasteiger partial charge in [-0.1, -0.05) is 0 Å². The van der Waals surface area contributed by atoms with Gasteiger partial charge in [-0.05, 0) is 31.9 Å². The van der Waals surface area contributed by atoms with E-state index in [-0.39, 0.29) is 11.4 Å². The van der Waals surface area contributed by atoms with Gasteiger partial charge in [0.25, 0.3) is 5.91 Å². The van der Waals surface area contributed by atoms with Crippen LogP contribution < -0.4 is 11.1 Å². The zero-order valence-corrected chi connectivity index (χ0v) is 9.90. The van der Waals surface area contributed by atoms with E-state index >= 15 is 0 Å². The number of pyridine rings is 1. The van der Waals surface area contributed by atoms with Crippen molar-refractivity contribution in [3.05, 3.63) is 23.9 Å². The number of amides is 1. The first-order valence-electron chi connectivity index (χ1n) is 5.71.